The fraction of sp³-hybridized carbons (Fsp3) is 0.696. The molecule has 0 aromatic heterocycles. The normalized spacial score (nSPS) is 29.9. The number of halogens is 1. The molecular weight excluding hydrogens is 343 g/mol. The van der Waals surface area contributed by atoms with Crippen LogP contribution < -0.4 is 4.74 Å². The van der Waals surface area contributed by atoms with Crippen LogP contribution in [0.2, 0.25) is 0 Å². The maximum Gasteiger partial charge on any atom is 0.345 e. The quantitative estimate of drug-likeness (QED) is 0.628. The Morgan fingerprint density at radius 1 is 1.04 bits per heavy atom. The topological polar surface area (TPSA) is 46.5 Å². The summed E-state index contributed by atoms with van der Waals surface area (Å²) in [4.78, 5) is 11.8. The summed E-state index contributed by atoms with van der Waals surface area (Å²) in [7, 11) is 0. The highest BCUT2D eigenvalue weighted by atomic mass is 19.1. The predicted octanol–water partition coefficient (Wildman–Crippen LogP) is 6.07. The molecule has 3 nitrogen and oxygen atoms in total. The van der Waals surface area contributed by atoms with Crippen molar-refractivity contribution in [2.24, 2.45) is 23.7 Å². The lowest BCUT2D eigenvalue weighted by atomic mass is 9.68. The van der Waals surface area contributed by atoms with Gasteiger partial charge in [0.2, 0.25) is 0 Å². The van der Waals surface area contributed by atoms with Gasteiger partial charge in [0, 0.05) is 5.92 Å². The molecule has 2 fully saturated rings. The second-order valence-corrected chi connectivity index (χ2v) is 8.57. The number of carboxylic acid groups (broad SMARTS) is 1. The third-order valence-corrected chi connectivity index (χ3v) is 6.82. The van der Waals surface area contributed by atoms with Crippen molar-refractivity contribution in [3.8, 4) is 5.75 Å². The van der Waals surface area contributed by atoms with Gasteiger partial charge < -0.3 is 9.84 Å². The van der Waals surface area contributed by atoms with Crippen LogP contribution in [-0.4, -0.2) is 17.2 Å². The molecule has 1 unspecified atom stereocenters. The molecule has 0 radical (unpaired) electrons. The van der Waals surface area contributed by atoms with Gasteiger partial charge in [0.05, 0.1) is 0 Å². The van der Waals surface area contributed by atoms with E-state index >= 15 is 0 Å². The molecule has 0 amide bonds. The minimum absolute atomic E-state index is 0.0419. The van der Waals surface area contributed by atoms with E-state index < -0.39 is 12.1 Å². The highest BCUT2D eigenvalue weighted by Gasteiger charge is 2.36. The van der Waals surface area contributed by atoms with Gasteiger partial charge in [0.25, 0.3) is 0 Å². The molecule has 4 heteroatoms. The van der Waals surface area contributed by atoms with Crippen LogP contribution in [-0.2, 0) is 4.79 Å². The van der Waals surface area contributed by atoms with Crippen molar-refractivity contribution < 1.29 is 19.0 Å². The van der Waals surface area contributed by atoms with Crippen molar-refractivity contribution in [2.45, 2.75) is 77.2 Å². The monoisotopic (exact) mass is 376 g/mol. The number of hydrogen-bond acceptors (Lipinski definition) is 2. The average molecular weight is 377 g/mol. The largest absolute Gasteiger partial charge is 0.478 e. The summed E-state index contributed by atoms with van der Waals surface area (Å²) in [5, 5.41) is 9.64. The molecule has 2 saturated carbocycles. The molecule has 3 rings (SSSR count). The highest BCUT2D eigenvalue weighted by Crippen LogP contribution is 2.43. The fourth-order valence-electron chi connectivity index (χ4n) is 5.28. The molecule has 2 aliphatic rings. The van der Waals surface area contributed by atoms with Gasteiger partial charge in [-0.1, -0.05) is 32.6 Å². The van der Waals surface area contributed by atoms with Gasteiger partial charge in [-0.15, -0.1) is 0 Å². The molecular formula is C23H33FO3. The Morgan fingerprint density at radius 2 is 1.59 bits per heavy atom. The number of carbonyl (C=O) groups is 1. The van der Waals surface area contributed by atoms with E-state index in [1.807, 2.05) is 0 Å². The second-order valence-electron chi connectivity index (χ2n) is 8.57. The van der Waals surface area contributed by atoms with Crippen molar-refractivity contribution in [3.05, 3.63) is 30.1 Å². The van der Waals surface area contributed by atoms with Crippen molar-refractivity contribution in [3.63, 3.8) is 0 Å². The van der Waals surface area contributed by atoms with Crippen molar-refractivity contribution in [2.75, 3.05) is 0 Å². The highest BCUT2D eigenvalue weighted by molar-refractivity contribution is 5.73. The van der Waals surface area contributed by atoms with Crippen LogP contribution >= 0.6 is 0 Å². The lowest BCUT2D eigenvalue weighted by molar-refractivity contribution is -0.148. The van der Waals surface area contributed by atoms with Crippen LogP contribution in [0.25, 0.3) is 0 Å². The molecule has 0 aliphatic heterocycles. The van der Waals surface area contributed by atoms with E-state index in [9.17, 15) is 14.3 Å². The Kier molecular flexibility index (Phi) is 7.14. The van der Waals surface area contributed by atoms with Gasteiger partial charge in [0.1, 0.15) is 11.6 Å². The number of rotatable bonds is 7. The minimum atomic E-state index is -0.914. The summed E-state index contributed by atoms with van der Waals surface area (Å²) in [5.74, 6) is 1.74. The first-order valence-corrected chi connectivity index (χ1v) is 10.7. The summed E-state index contributed by atoms with van der Waals surface area (Å²) >= 11 is 0. The zero-order valence-electron chi connectivity index (χ0n) is 16.4. The first-order chi connectivity index (χ1) is 13.1. The van der Waals surface area contributed by atoms with Crippen LogP contribution in [0.15, 0.2) is 24.3 Å². The van der Waals surface area contributed by atoms with E-state index in [-0.39, 0.29) is 11.7 Å². The maximum absolute atomic E-state index is 13.1. The van der Waals surface area contributed by atoms with Crippen LogP contribution in [0.1, 0.15) is 71.1 Å². The second kappa shape index (κ2) is 9.57. The Bertz CT molecular complexity index is 584. The van der Waals surface area contributed by atoms with Gasteiger partial charge in [0.15, 0.2) is 6.10 Å². The average Bonchev–Trinajstić information content (AvgIpc) is 2.68. The molecule has 27 heavy (non-hydrogen) atoms. The summed E-state index contributed by atoms with van der Waals surface area (Å²) in [6.07, 6.45) is 11.4. The molecule has 0 spiro atoms. The van der Waals surface area contributed by atoms with Gasteiger partial charge in [-0.05, 0) is 80.5 Å². The Morgan fingerprint density at radius 3 is 2.11 bits per heavy atom. The smallest absolute Gasteiger partial charge is 0.345 e. The predicted molar refractivity (Wildman–Crippen MR) is 104 cm³/mol. The van der Waals surface area contributed by atoms with E-state index in [1.54, 1.807) is 0 Å². The molecule has 1 aromatic rings. The summed E-state index contributed by atoms with van der Waals surface area (Å²) in [6.45, 7) is 2.28. The Balaban J connectivity index is 1.50. The third kappa shape index (κ3) is 5.46. The molecule has 1 aromatic carbocycles. The zero-order chi connectivity index (χ0) is 19.2. The molecule has 0 heterocycles. The SMILES string of the molecule is CCCC1CCC(C2CCC(C(Oc3ccc(F)cc3)C(=O)O)CC2)CC1. The van der Waals surface area contributed by atoms with Crippen molar-refractivity contribution >= 4 is 5.97 Å². The van der Waals surface area contributed by atoms with Crippen LogP contribution in [0.4, 0.5) is 4.39 Å². The Labute approximate surface area is 162 Å². The molecule has 1 atom stereocenters. The lowest BCUT2D eigenvalue weighted by Crippen LogP contribution is -2.38. The lowest BCUT2D eigenvalue weighted by Gasteiger charge is -2.39. The zero-order valence-corrected chi connectivity index (χ0v) is 16.4. The van der Waals surface area contributed by atoms with E-state index in [0.717, 1.165) is 43.4 Å². The molecule has 150 valence electrons. The van der Waals surface area contributed by atoms with Gasteiger partial charge >= 0.3 is 5.97 Å². The van der Waals surface area contributed by atoms with Gasteiger partial charge in [-0.2, -0.15) is 0 Å². The van der Waals surface area contributed by atoms with Gasteiger partial charge in [-0.3, -0.25) is 0 Å². The third-order valence-electron chi connectivity index (χ3n) is 6.82. The van der Waals surface area contributed by atoms with E-state index in [0.29, 0.717) is 5.75 Å². The number of aliphatic carboxylic acids is 1. The molecule has 2 aliphatic carbocycles. The van der Waals surface area contributed by atoms with Crippen molar-refractivity contribution in [1.82, 2.24) is 0 Å². The Hall–Kier alpha value is -1.58. The molecule has 1 N–H and O–H groups in total. The first kappa shape index (κ1) is 20.2. The maximum atomic E-state index is 13.1. The van der Waals surface area contributed by atoms with E-state index in [1.165, 1.54) is 62.8 Å². The summed E-state index contributed by atoms with van der Waals surface area (Å²) < 4.78 is 18.8. The standard InChI is InChI=1S/C23H33FO3/c1-2-3-16-4-6-17(7-5-16)18-8-10-19(11-9-18)22(23(25)26)27-21-14-12-20(24)13-15-21/h12-19,22H,2-11H2,1H3,(H,25,26). The first-order valence-electron chi connectivity index (χ1n) is 10.7. The number of benzene rings is 1. The fourth-order valence-corrected chi connectivity index (χ4v) is 5.28. The molecule has 0 bridgehead atoms. The van der Waals surface area contributed by atoms with E-state index in [4.69, 9.17) is 4.74 Å². The minimum Gasteiger partial charge on any atom is -0.478 e. The van der Waals surface area contributed by atoms with Crippen LogP contribution in [0.3, 0.4) is 0 Å². The number of ether oxygens (including phenoxy) is 1. The van der Waals surface area contributed by atoms with Crippen molar-refractivity contribution in [1.29, 1.82) is 0 Å². The summed E-state index contributed by atoms with van der Waals surface area (Å²) in [5.41, 5.74) is 0. The number of hydrogen-bond donors (Lipinski definition) is 1. The molecule has 0 saturated heterocycles. The number of carboxylic acids is 1. The van der Waals surface area contributed by atoms with Crippen LogP contribution in [0, 0.1) is 29.5 Å². The van der Waals surface area contributed by atoms with E-state index in [2.05, 4.69) is 6.92 Å². The van der Waals surface area contributed by atoms with Gasteiger partial charge in [-0.25, -0.2) is 9.18 Å². The summed E-state index contributed by atoms with van der Waals surface area (Å²) in [6, 6.07) is 5.62. The van der Waals surface area contributed by atoms with Crippen LogP contribution in [0.5, 0.6) is 5.75 Å².